The lowest BCUT2D eigenvalue weighted by atomic mass is 10.1. The Morgan fingerprint density at radius 1 is 0.969 bits per heavy atom. The van der Waals surface area contributed by atoms with Crippen LogP contribution >= 0.6 is 23.1 Å². The molecular formula is C22H26N4O4S2. The maximum absolute atomic E-state index is 11.7. The number of rotatable bonds is 6. The highest BCUT2D eigenvalue weighted by Crippen LogP contribution is 2.39. The zero-order valence-corrected chi connectivity index (χ0v) is 19.4. The van der Waals surface area contributed by atoms with E-state index in [9.17, 15) is 9.59 Å². The summed E-state index contributed by atoms with van der Waals surface area (Å²) in [6.07, 6.45) is 0. The van der Waals surface area contributed by atoms with Crippen LogP contribution in [0.2, 0.25) is 0 Å². The molecule has 0 atom stereocenters. The van der Waals surface area contributed by atoms with E-state index in [0.717, 1.165) is 21.2 Å². The van der Waals surface area contributed by atoms with E-state index in [4.69, 9.17) is 15.6 Å². The van der Waals surface area contributed by atoms with Crippen molar-refractivity contribution in [2.75, 3.05) is 14.1 Å². The van der Waals surface area contributed by atoms with Crippen LogP contribution in [0, 0.1) is 0 Å². The number of primary amides is 1. The van der Waals surface area contributed by atoms with E-state index in [0.29, 0.717) is 4.91 Å². The number of hydrogen-bond donors (Lipinski definition) is 4. The third kappa shape index (κ3) is 7.75. The van der Waals surface area contributed by atoms with Gasteiger partial charge in [0.25, 0.3) is 5.91 Å². The first-order valence-electron chi connectivity index (χ1n) is 8.92. The van der Waals surface area contributed by atoms with Crippen LogP contribution in [0.4, 0.5) is 0 Å². The minimum absolute atomic E-state index is 0.120. The molecule has 1 amide bonds. The number of aliphatic imine (C=N–C) groups is 1. The van der Waals surface area contributed by atoms with Gasteiger partial charge in [0.2, 0.25) is 0 Å². The quantitative estimate of drug-likeness (QED) is 0.242. The van der Waals surface area contributed by atoms with Gasteiger partial charge >= 0.3 is 5.97 Å². The topological polar surface area (TPSA) is 162 Å². The predicted octanol–water partition coefficient (Wildman–Crippen LogP) is 3.21. The molecule has 32 heavy (non-hydrogen) atoms. The van der Waals surface area contributed by atoms with Gasteiger partial charge < -0.3 is 27.1 Å². The molecule has 0 bridgehead atoms. The molecule has 0 fully saturated rings. The third-order valence-corrected chi connectivity index (χ3v) is 5.47. The standard InChI is InChI=1S/C19H14N2O3S2.2CH5N.CH2O/c1-21-16(18(20)22)17(14-6-7-25-10-14)26-15-5-4-11-8-13(19(23)24)3-2-12(11)9-15;3*1-2/h2-10H,1H2,(H2,20,22)(H,23,24);2*2H2,1H3;1H2/b17-16-;;;. The first-order valence-corrected chi connectivity index (χ1v) is 10.7. The number of thioether (sulfide) groups is 1. The molecule has 10 heteroatoms. The van der Waals surface area contributed by atoms with Gasteiger partial charge in [-0.2, -0.15) is 11.3 Å². The lowest BCUT2D eigenvalue weighted by Crippen LogP contribution is -2.13. The number of thiophene rings is 1. The van der Waals surface area contributed by atoms with Gasteiger partial charge in [-0.05, 0) is 72.7 Å². The van der Waals surface area contributed by atoms with Crippen LogP contribution in [0.1, 0.15) is 15.9 Å². The molecule has 0 radical (unpaired) electrons. The van der Waals surface area contributed by atoms with Crippen LogP contribution in [-0.4, -0.2) is 44.6 Å². The number of carbonyl (C=O) groups excluding carboxylic acids is 2. The molecule has 7 N–H and O–H groups in total. The van der Waals surface area contributed by atoms with E-state index in [2.05, 4.69) is 23.2 Å². The van der Waals surface area contributed by atoms with E-state index in [1.807, 2.05) is 41.8 Å². The number of nitrogens with two attached hydrogens (primary N) is 3. The Balaban J connectivity index is 0.00000148. The van der Waals surface area contributed by atoms with Gasteiger partial charge in [-0.3, -0.25) is 9.79 Å². The fourth-order valence-electron chi connectivity index (χ4n) is 2.44. The van der Waals surface area contributed by atoms with Crippen molar-refractivity contribution >= 4 is 64.2 Å². The number of carboxylic acid groups (broad SMARTS) is 1. The predicted molar refractivity (Wildman–Crippen MR) is 134 cm³/mol. The molecule has 0 spiro atoms. The Bertz CT molecular complexity index is 1070. The molecular weight excluding hydrogens is 448 g/mol. The number of amides is 1. The molecule has 170 valence electrons. The summed E-state index contributed by atoms with van der Waals surface area (Å²) in [6.45, 7) is 5.46. The molecule has 0 unspecified atom stereocenters. The number of fused-ring (bicyclic) bond motifs is 1. The van der Waals surface area contributed by atoms with E-state index in [1.54, 1.807) is 18.2 Å². The fraction of sp³-hybridized carbons (Fsp3) is 0.0909. The summed E-state index contributed by atoms with van der Waals surface area (Å²) in [5.74, 6) is -1.60. The van der Waals surface area contributed by atoms with Crippen LogP contribution in [0.25, 0.3) is 15.7 Å². The Hall–Kier alpha value is -3.31. The number of carbonyl (C=O) groups is 3. The average molecular weight is 475 g/mol. The zero-order chi connectivity index (χ0) is 24.7. The van der Waals surface area contributed by atoms with Crippen molar-refractivity contribution in [2.45, 2.75) is 4.90 Å². The Morgan fingerprint density at radius 2 is 1.56 bits per heavy atom. The second-order valence-electron chi connectivity index (χ2n) is 5.34. The summed E-state index contributed by atoms with van der Waals surface area (Å²) in [6, 6.07) is 12.5. The Kier molecular flexibility index (Phi) is 13.9. The van der Waals surface area contributed by atoms with Crippen molar-refractivity contribution in [3.63, 3.8) is 0 Å². The van der Waals surface area contributed by atoms with Crippen LogP contribution in [0.15, 0.2) is 68.8 Å². The summed E-state index contributed by atoms with van der Waals surface area (Å²) in [5.41, 5.74) is 15.7. The van der Waals surface area contributed by atoms with Gasteiger partial charge in [-0.1, -0.05) is 23.9 Å². The summed E-state index contributed by atoms with van der Waals surface area (Å²) in [5, 5.41) is 14.6. The van der Waals surface area contributed by atoms with Gasteiger partial charge in [0.05, 0.1) is 10.5 Å². The largest absolute Gasteiger partial charge is 0.478 e. The second kappa shape index (κ2) is 15.5. The van der Waals surface area contributed by atoms with Crippen molar-refractivity contribution in [1.82, 2.24) is 0 Å². The molecule has 0 saturated carbocycles. The minimum atomic E-state index is -0.962. The fourth-order valence-corrected chi connectivity index (χ4v) is 4.22. The second-order valence-corrected chi connectivity index (χ2v) is 7.21. The number of hydrogen-bond acceptors (Lipinski definition) is 8. The number of aromatic carboxylic acids is 1. The summed E-state index contributed by atoms with van der Waals surface area (Å²) < 4.78 is 0. The molecule has 0 saturated heterocycles. The summed E-state index contributed by atoms with van der Waals surface area (Å²) in [7, 11) is 3.00. The highest BCUT2D eigenvalue weighted by Gasteiger charge is 2.16. The molecule has 3 rings (SSSR count). The zero-order valence-electron chi connectivity index (χ0n) is 17.8. The molecule has 0 aliphatic rings. The first-order chi connectivity index (χ1) is 15.5. The lowest BCUT2D eigenvalue weighted by molar-refractivity contribution is -0.114. The van der Waals surface area contributed by atoms with Crippen molar-refractivity contribution in [1.29, 1.82) is 0 Å². The SMILES string of the molecule is C=N/C(C(N)=O)=C(\Sc1ccc2cc(C(=O)O)ccc2c1)c1ccsc1.C=O.CN.CN. The summed E-state index contributed by atoms with van der Waals surface area (Å²) in [4.78, 5) is 36.1. The minimum Gasteiger partial charge on any atom is -0.478 e. The van der Waals surface area contributed by atoms with Crippen LogP contribution in [-0.2, 0) is 9.59 Å². The van der Waals surface area contributed by atoms with Crippen molar-refractivity contribution in [2.24, 2.45) is 22.2 Å². The van der Waals surface area contributed by atoms with E-state index >= 15 is 0 Å². The highest BCUT2D eigenvalue weighted by atomic mass is 32.2. The van der Waals surface area contributed by atoms with E-state index < -0.39 is 11.9 Å². The third-order valence-electron chi connectivity index (χ3n) is 3.67. The lowest BCUT2D eigenvalue weighted by Gasteiger charge is -2.10. The molecule has 0 aliphatic heterocycles. The molecule has 1 aromatic heterocycles. The highest BCUT2D eigenvalue weighted by molar-refractivity contribution is 8.08. The van der Waals surface area contributed by atoms with Crippen molar-refractivity contribution in [3.8, 4) is 0 Å². The number of nitrogens with zero attached hydrogens (tertiary/aromatic N) is 1. The van der Waals surface area contributed by atoms with E-state index in [-0.39, 0.29) is 11.3 Å². The van der Waals surface area contributed by atoms with Crippen LogP contribution in [0.3, 0.4) is 0 Å². The first kappa shape index (κ1) is 28.7. The maximum atomic E-state index is 11.7. The normalized spacial score (nSPS) is 10.1. The van der Waals surface area contributed by atoms with Gasteiger partial charge in [-0.25, -0.2) is 4.79 Å². The maximum Gasteiger partial charge on any atom is 0.335 e. The average Bonchev–Trinajstić information content (AvgIpc) is 3.37. The van der Waals surface area contributed by atoms with E-state index in [1.165, 1.54) is 37.2 Å². The van der Waals surface area contributed by atoms with Gasteiger partial charge in [0, 0.05) is 10.5 Å². The molecule has 8 nitrogen and oxygen atoms in total. The Morgan fingerprint density at radius 3 is 2.06 bits per heavy atom. The van der Waals surface area contributed by atoms with Crippen LogP contribution in [0.5, 0.6) is 0 Å². The molecule has 1 heterocycles. The number of carboxylic acids is 1. The van der Waals surface area contributed by atoms with Gasteiger partial charge in [-0.15, -0.1) is 0 Å². The van der Waals surface area contributed by atoms with Gasteiger partial charge in [0.15, 0.2) is 0 Å². The summed E-state index contributed by atoms with van der Waals surface area (Å²) >= 11 is 2.88. The van der Waals surface area contributed by atoms with Crippen molar-refractivity contribution in [3.05, 3.63) is 70.0 Å². The molecule has 3 aromatic rings. The van der Waals surface area contributed by atoms with Gasteiger partial charge in [0.1, 0.15) is 12.5 Å². The Labute approximate surface area is 194 Å². The van der Waals surface area contributed by atoms with Crippen LogP contribution < -0.4 is 17.2 Å². The monoisotopic (exact) mass is 474 g/mol. The van der Waals surface area contributed by atoms with Crippen molar-refractivity contribution < 1.29 is 19.5 Å². The smallest absolute Gasteiger partial charge is 0.335 e. The molecule has 0 aliphatic carbocycles. The molecule has 2 aromatic carbocycles. The number of benzene rings is 2.